The normalized spacial score (nSPS) is 15.0. The molecule has 0 aliphatic carbocycles. The molecule has 10 N–H and O–H groups in total. The first-order valence-electron chi connectivity index (χ1n) is 7.93. The predicted molar refractivity (Wildman–Crippen MR) is 89.7 cm³/mol. The van der Waals surface area contributed by atoms with Gasteiger partial charge >= 0.3 is 5.97 Å². The molecule has 0 aliphatic rings. The summed E-state index contributed by atoms with van der Waals surface area (Å²) in [5.74, 6) is -4.75. The second-order valence-electron chi connectivity index (χ2n) is 5.67. The largest absolute Gasteiger partial charge is 0.480 e. The zero-order chi connectivity index (χ0) is 21.1. The first-order chi connectivity index (χ1) is 12.5. The van der Waals surface area contributed by atoms with Crippen molar-refractivity contribution in [2.45, 2.75) is 43.9 Å². The summed E-state index contributed by atoms with van der Waals surface area (Å²) in [5, 5.41) is 33.2. The molecule has 0 aromatic rings. The van der Waals surface area contributed by atoms with Crippen LogP contribution in [0.3, 0.4) is 0 Å². The Morgan fingerprint density at radius 1 is 0.889 bits per heavy atom. The first-order valence-corrected chi connectivity index (χ1v) is 7.93. The van der Waals surface area contributed by atoms with Crippen LogP contribution in [0.25, 0.3) is 0 Å². The molecule has 0 fully saturated rings. The molecule has 13 heteroatoms. The molecule has 0 heterocycles. The van der Waals surface area contributed by atoms with Crippen LogP contribution in [-0.4, -0.2) is 82.3 Å². The molecule has 0 aromatic heterocycles. The fourth-order valence-electron chi connectivity index (χ4n) is 1.76. The molecule has 27 heavy (non-hydrogen) atoms. The molecule has 4 atom stereocenters. The van der Waals surface area contributed by atoms with Gasteiger partial charge in [0.15, 0.2) is 0 Å². The summed E-state index contributed by atoms with van der Waals surface area (Å²) in [6, 6.07) is -5.34. The monoisotopic (exact) mass is 391 g/mol. The van der Waals surface area contributed by atoms with Crippen molar-refractivity contribution in [1.82, 2.24) is 16.0 Å². The number of primary amides is 1. The van der Waals surface area contributed by atoms with Gasteiger partial charge < -0.3 is 42.7 Å². The molecule has 0 radical (unpaired) electrons. The van der Waals surface area contributed by atoms with Crippen LogP contribution < -0.4 is 27.4 Å². The lowest BCUT2D eigenvalue weighted by molar-refractivity contribution is -0.143. The first kappa shape index (κ1) is 24.2. The quantitative estimate of drug-likeness (QED) is 0.159. The van der Waals surface area contributed by atoms with E-state index < -0.39 is 67.0 Å². The number of aliphatic hydroxyl groups excluding tert-OH is 2. The molecule has 4 amide bonds. The maximum atomic E-state index is 12.1. The number of nitrogens with two attached hydrogens (primary N) is 2. The van der Waals surface area contributed by atoms with Gasteiger partial charge in [-0.3, -0.25) is 19.2 Å². The summed E-state index contributed by atoms with van der Waals surface area (Å²) in [5.41, 5.74) is 10.5. The van der Waals surface area contributed by atoms with Crippen molar-refractivity contribution in [1.29, 1.82) is 0 Å². The predicted octanol–water partition coefficient (Wildman–Crippen LogP) is -4.88. The lowest BCUT2D eigenvalue weighted by Gasteiger charge is -2.22. The second-order valence-corrected chi connectivity index (χ2v) is 5.67. The van der Waals surface area contributed by atoms with Crippen molar-refractivity contribution in [2.75, 3.05) is 13.2 Å². The summed E-state index contributed by atoms with van der Waals surface area (Å²) < 4.78 is 0. The summed E-state index contributed by atoms with van der Waals surface area (Å²) in [7, 11) is 0. The van der Waals surface area contributed by atoms with E-state index in [9.17, 15) is 29.1 Å². The molecule has 0 aliphatic heterocycles. The van der Waals surface area contributed by atoms with Crippen LogP contribution in [0.2, 0.25) is 0 Å². The maximum absolute atomic E-state index is 12.1. The van der Waals surface area contributed by atoms with E-state index in [4.69, 9.17) is 21.7 Å². The van der Waals surface area contributed by atoms with Crippen LogP contribution in [0.4, 0.5) is 0 Å². The number of carbonyl (C=O) groups excluding carboxylic acids is 4. The lowest BCUT2D eigenvalue weighted by atomic mass is 10.1. The molecule has 0 saturated heterocycles. The number of carbonyl (C=O) groups is 5. The van der Waals surface area contributed by atoms with Gasteiger partial charge in [0.25, 0.3) is 0 Å². The third-order valence-electron chi connectivity index (χ3n) is 3.40. The molecule has 0 saturated carbocycles. The molecule has 13 nitrogen and oxygen atoms in total. The van der Waals surface area contributed by atoms with Gasteiger partial charge in [0, 0.05) is 6.42 Å². The van der Waals surface area contributed by atoms with Crippen molar-refractivity contribution in [3.05, 3.63) is 0 Å². The second kappa shape index (κ2) is 11.8. The van der Waals surface area contributed by atoms with Gasteiger partial charge in [0.2, 0.25) is 23.6 Å². The van der Waals surface area contributed by atoms with E-state index in [1.54, 1.807) is 0 Å². The fraction of sp³-hybridized carbons (Fsp3) is 0.643. The number of hydrogen-bond acceptors (Lipinski definition) is 8. The SMILES string of the molecule is CC(NC(=O)C(CO)NC(=O)C(N)CCC(N)=O)C(=O)NC(CO)C(=O)O. The Morgan fingerprint density at radius 3 is 1.85 bits per heavy atom. The fourth-order valence-corrected chi connectivity index (χ4v) is 1.76. The number of aliphatic hydroxyl groups is 2. The van der Waals surface area contributed by atoms with Gasteiger partial charge in [0.05, 0.1) is 19.3 Å². The highest BCUT2D eigenvalue weighted by Gasteiger charge is 2.27. The van der Waals surface area contributed by atoms with E-state index in [1.807, 2.05) is 5.32 Å². The molecule has 154 valence electrons. The summed E-state index contributed by atoms with van der Waals surface area (Å²) in [6.07, 6.45) is -0.200. The number of amides is 4. The zero-order valence-electron chi connectivity index (χ0n) is 14.7. The average molecular weight is 391 g/mol. The van der Waals surface area contributed by atoms with Crippen LogP contribution >= 0.6 is 0 Å². The van der Waals surface area contributed by atoms with Gasteiger partial charge in [0.1, 0.15) is 18.1 Å². The number of nitrogens with one attached hydrogen (secondary N) is 3. The molecule has 0 bridgehead atoms. The Hall–Kier alpha value is -2.77. The minimum Gasteiger partial charge on any atom is -0.480 e. The van der Waals surface area contributed by atoms with Gasteiger partial charge in [-0.2, -0.15) is 0 Å². The maximum Gasteiger partial charge on any atom is 0.328 e. The van der Waals surface area contributed by atoms with Crippen LogP contribution in [0.1, 0.15) is 19.8 Å². The highest BCUT2D eigenvalue weighted by Crippen LogP contribution is 1.96. The highest BCUT2D eigenvalue weighted by atomic mass is 16.4. The number of rotatable bonds is 12. The number of carboxylic acid groups (broad SMARTS) is 1. The summed E-state index contributed by atoms with van der Waals surface area (Å²) in [4.78, 5) is 57.2. The molecule has 4 unspecified atom stereocenters. The van der Waals surface area contributed by atoms with E-state index in [-0.39, 0.29) is 12.8 Å². The van der Waals surface area contributed by atoms with Gasteiger partial charge in [-0.25, -0.2) is 4.79 Å². The van der Waals surface area contributed by atoms with E-state index in [0.717, 1.165) is 0 Å². The minimum absolute atomic E-state index is 0.0581. The van der Waals surface area contributed by atoms with Crippen LogP contribution in [0, 0.1) is 0 Å². The highest BCUT2D eigenvalue weighted by molar-refractivity contribution is 5.94. The Bertz CT molecular complexity index is 570. The topological polar surface area (TPSA) is 234 Å². The van der Waals surface area contributed by atoms with Gasteiger partial charge in [-0.1, -0.05) is 0 Å². The van der Waals surface area contributed by atoms with Crippen LogP contribution in [0.15, 0.2) is 0 Å². The van der Waals surface area contributed by atoms with E-state index in [2.05, 4.69) is 10.6 Å². The van der Waals surface area contributed by atoms with E-state index in [1.165, 1.54) is 6.92 Å². The van der Waals surface area contributed by atoms with Gasteiger partial charge in [-0.15, -0.1) is 0 Å². The Balaban J connectivity index is 4.69. The Kier molecular flexibility index (Phi) is 10.6. The van der Waals surface area contributed by atoms with Crippen molar-refractivity contribution >= 4 is 29.6 Å². The molecule has 0 spiro atoms. The zero-order valence-corrected chi connectivity index (χ0v) is 14.7. The van der Waals surface area contributed by atoms with Crippen molar-refractivity contribution in [2.24, 2.45) is 11.5 Å². The average Bonchev–Trinajstić information content (AvgIpc) is 2.60. The van der Waals surface area contributed by atoms with Crippen molar-refractivity contribution in [3.63, 3.8) is 0 Å². The number of hydrogen-bond donors (Lipinski definition) is 8. The summed E-state index contributed by atoms with van der Waals surface area (Å²) >= 11 is 0. The molecular weight excluding hydrogens is 366 g/mol. The summed E-state index contributed by atoms with van der Waals surface area (Å²) in [6.45, 7) is -0.415. The van der Waals surface area contributed by atoms with Crippen molar-refractivity contribution < 1.29 is 39.3 Å². The standard InChI is InChI=1S/C14H25N5O8/c1-6(11(23)19-9(5-21)14(26)27)17-13(25)8(4-20)18-12(24)7(15)2-3-10(16)22/h6-9,20-21H,2-5,15H2,1H3,(H2,16,22)(H,17,25)(H,18,24)(H,19,23)(H,26,27). The third kappa shape index (κ3) is 8.94. The van der Waals surface area contributed by atoms with Crippen LogP contribution in [0.5, 0.6) is 0 Å². The van der Waals surface area contributed by atoms with Crippen molar-refractivity contribution in [3.8, 4) is 0 Å². The third-order valence-corrected chi connectivity index (χ3v) is 3.40. The molecule has 0 aromatic carbocycles. The van der Waals surface area contributed by atoms with Crippen LogP contribution in [-0.2, 0) is 24.0 Å². The smallest absolute Gasteiger partial charge is 0.328 e. The Morgan fingerprint density at radius 2 is 1.41 bits per heavy atom. The number of carboxylic acids is 1. The van der Waals surface area contributed by atoms with E-state index >= 15 is 0 Å². The number of aliphatic carboxylic acids is 1. The molecular formula is C14H25N5O8. The lowest BCUT2D eigenvalue weighted by Crippen LogP contribution is -2.57. The van der Waals surface area contributed by atoms with Gasteiger partial charge in [-0.05, 0) is 13.3 Å². The van der Waals surface area contributed by atoms with E-state index in [0.29, 0.717) is 0 Å². The minimum atomic E-state index is -1.55. The Labute approximate surface area is 154 Å². The molecule has 0 rings (SSSR count).